The molecule has 1 atom stereocenters. The SMILES string of the molecule is OCc1cc(F)cc([C@@H]2c3ccccc3-c3cncn32)c1. The van der Waals surface area contributed by atoms with Crippen molar-refractivity contribution >= 4 is 0 Å². The van der Waals surface area contributed by atoms with Crippen molar-refractivity contribution < 1.29 is 9.50 Å². The van der Waals surface area contributed by atoms with Gasteiger partial charge < -0.3 is 9.67 Å². The molecule has 4 rings (SSSR count). The van der Waals surface area contributed by atoms with Gasteiger partial charge in [-0.2, -0.15) is 0 Å². The lowest BCUT2D eigenvalue weighted by molar-refractivity contribution is 0.281. The second-order valence-corrected chi connectivity index (χ2v) is 5.23. The van der Waals surface area contributed by atoms with E-state index >= 15 is 0 Å². The number of aromatic nitrogens is 2. The van der Waals surface area contributed by atoms with Gasteiger partial charge in [0.1, 0.15) is 5.82 Å². The van der Waals surface area contributed by atoms with Crippen molar-refractivity contribution in [3.05, 3.63) is 77.5 Å². The van der Waals surface area contributed by atoms with Gasteiger partial charge in [0.25, 0.3) is 0 Å². The minimum Gasteiger partial charge on any atom is -0.392 e. The summed E-state index contributed by atoms with van der Waals surface area (Å²) in [4.78, 5) is 4.20. The molecule has 0 saturated heterocycles. The fourth-order valence-electron chi connectivity index (χ4n) is 3.10. The molecule has 0 unspecified atom stereocenters. The topological polar surface area (TPSA) is 38.1 Å². The van der Waals surface area contributed by atoms with Crippen LogP contribution in [0.25, 0.3) is 11.3 Å². The highest BCUT2D eigenvalue weighted by atomic mass is 19.1. The predicted octanol–water partition coefficient (Wildman–Crippen LogP) is 3.13. The zero-order valence-corrected chi connectivity index (χ0v) is 11.2. The molecule has 3 aromatic rings. The van der Waals surface area contributed by atoms with Gasteiger partial charge in [-0.05, 0) is 28.8 Å². The first-order valence-corrected chi connectivity index (χ1v) is 6.79. The fourth-order valence-corrected chi connectivity index (χ4v) is 3.10. The number of halogens is 1. The third-order valence-electron chi connectivity index (χ3n) is 3.95. The van der Waals surface area contributed by atoms with Crippen LogP contribution in [-0.2, 0) is 6.61 Å². The Morgan fingerprint density at radius 1 is 1.19 bits per heavy atom. The Hall–Kier alpha value is -2.46. The number of aliphatic hydroxyl groups excluding tert-OH is 1. The molecule has 0 amide bonds. The van der Waals surface area contributed by atoms with Gasteiger partial charge in [-0.1, -0.05) is 30.3 Å². The summed E-state index contributed by atoms with van der Waals surface area (Å²) in [5, 5.41) is 9.29. The second kappa shape index (κ2) is 4.53. The number of rotatable bonds is 2. The van der Waals surface area contributed by atoms with Crippen molar-refractivity contribution in [1.82, 2.24) is 9.55 Å². The zero-order chi connectivity index (χ0) is 14.4. The van der Waals surface area contributed by atoms with Crippen LogP contribution in [0.3, 0.4) is 0 Å². The van der Waals surface area contributed by atoms with Gasteiger partial charge >= 0.3 is 0 Å². The molecule has 0 aliphatic carbocycles. The molecule has 2 heterocycles. The van der Waals surface area contributed by atoms with E-state index in [9.17, 15) is 9.50 Å². The average Bonchev–Trinajstić information content (AvgIpc) is 3.06. The van der Waals surface area contributed by atoms with E-state index in [0.29, 0.717) is 5.56 Å². The highest BCUT2D eigenvalue weighted by Gasteiger charge is 2.29. The largest absolute Gasteiger partial charge is 0.392 e. The molecule has 0 radical (unpaired) electrons. The Labute approximate surface area is 121 Å². The Morgan fingerprint density at radius 2 is 2.05 bits per heavy atom. The maximum absolute atomic E-state index is 13.8. The number of nitrogens with zero attached hydrogens (tertiary/aromatic N) is 2. The normalized spacial score (nSPS) is 15.8. The first kappa shape index (κ1) is 12.3. The number of hydrogen-bond donors (Lipinski definition) is 1. The summed E-state index contributed by atoms with van der Waals surface area (Å²) in [7, 11) is 0. The van der Waals surface area contributed by atoms with Crippen LogP contribution in [0.1, 0.15) is 22.7 Å². The van der Waals surface area contributed by atoms with Gasteiger partial charge in [0.2, 0.25) is 0 Å². The summed E-state index contributed by atoms with van der Waals surface area (Å²) in [5.41, 5.74) is 4.68. The van der Waals surface area contributed by atoms with Gasteiger partial charge in [-0.15, -0.1) is 0 Å². The lowest BCUT2D eigenvalue weighted by Crippen LogP contribution is -2.07. The number of aliphatic hydroxyl groups is 1. The van der Waals surface area contributed by atoms with Crippen LogP contribution in [0.4, 0.5) is 4.39 Å². The van der Waals surface area contributed by atoms with Crippen LogP contribution in [0.15, 0.2) is 55.0 Å². The summed E-state index contributed by atoms with van der Waals surface area (Å²) in [6.07, 6.45) is 3.59. The number of hydrogen-bond acceptors (Lipinski definition) is 2. The number of fused-ring (bicyclic) bond motifs is 3. The molecular weight excluding hydrogens is 267 g/mol. The van der Waals surface area contributed by atoms with Crippen molar-refractivity contribution in [2.45, 2.75) is 12.6 Å². The van der Waals surface area contributed by atoms with Crippen molar-refractivity contribution in [3.8, 4) is 11.3 Å². The van der Waals surface area contributed by atoms with Gasteiger partial charge in [0.05, 0.1) is 30.9 Å². The van der Waals surface area contributed by atoms with Crippen LogP contribution in [0.2, 0.25) is 0 Å². The van der Waals surface area contributed by atoms with Crippen molar-refractivity contribution in [3.63, 3.8) is 0 Å². The van der Waals surface area contributed by atoms with Crippen molar-refractivity contribution in [2.75, 3.05) is 0 Å². The molecule has 104 valence electrons. The van der Waals surface area contributed by atoms with E-state index in [1.54, 1.807) is 6.33 Å². The zero-order valence-electron chi connectivity index (χ0n) is 11.2. The first-order valence-electron chi connectivity index (χ1n) is 6.79. The second-order valence-electron chi connectivity index (χ2n) is 5.23. The summed E-state index contributed by atoms with van der Waals surface area (Å²) in [5.74, 6) is -0.331. The van der Waals surface area contributed by atoms with Gasteiger partial charge in [-0.25, -0.2) is 9.37 Å². The Balaban J connectivity index is 1.95. The standard InChI is InChI=1S/C17H13FN2O/c18-13-6-11(9-21)5-12(7-13)17-15-4-2-1-3-14(15)16-8-19-10-20(16)17/h1-8,10,17,21H,9H2/t17-/m1/s1. The van der Waals surface area contributed by atoms with Crippen LogP contribution in [0, 0.1) is 5.82 Å². The van der Waals surface area contributed by atoms with E-state index < -0.39 is 0 Å². The van der Waals surface area contributed by atoms with E-state index in [1.165, 1.54) is 12.1 Å². The summed E-state index contributed by atoms with van der Waals surface area (Å²) >= 11 is 0. The molecule has 0 fully saturated rings. The van der Waals surface area contributed by atoms with Crippen molar-refractivity contribution in [1.29, 1.82) is 0 Å². The van der Waals surface area contributed by atoms with Gasteiger partial charge in [0.15, 0.2) is 0 Å². The highest BCUT2D eigenvalue weighted by molar-refractivity contribution is 5.70. The molecule has 1 aromatic heterocycles. The van der Waals surface area contributed by atoms with Crippen LogP contribution in [0.5, 0.6) is 0 Å². The quantitative estimate of drug-likeness (QED) is 0.612. The van der Waals surface area contributed by atoms with E-state index in [-0.39, 0.29) is 18.5 Å². The minimum absolute atomic E-state index is 0.0975. The van der Waals surface area contributed by atoms with E-state index in [4.69, 9.17) is 0 Å². The predicted molar refractivity (Wildman–Crippen MR) is 77.2 cm³/mol. The first-order chi connectivity index (χ1) is 10.3. The lowest BCUT2D eigenvalue weighted by atomic mass is 9.96. The van der Waals surface area contributed by atoms with Crippen LogP contribution < -0.4 is 0 Å². The Bertz CT molecular complexity index is 825. The maximum atomic E-state index is 13.8. The fraction of sp³-hybridized carbons (Fsp3) is 0.118. The molecule has 2 aromatic carbocycles. The molecule has 3 nitrogen and oxygen atoms in total. The van der Waals surface area contributed by atoms with Gasteiger partial charge in [-0.3, -0.25) is 0 Å². The molecule has 1 aliphatic rings. The molecule has 0 saturated carbocycles. The molecule has 1 N–H and O–H groups in total. The monoisotopic (exact) mass is 280 g/mol. The third kappa shape index (κ3) is 1.80. The molecular formula is C17H13FN2O. The Kier molecular flexibility index (Phi) is 2.65. The van der Waals surface area contributed by atoms with E-state index in [1.807, 2.05) is 29.0 Å². The van der Waals surface area contributed by atoms with Crippen LogP contribution in [-0.4, -0.2) is 14.7 Å². The minimum atomic E-state index is -0.331. The van der Waals surface area contributed by atoms with Gasteiger partial charge in [0, 0.05) is 5.56 Å². The molecule has 4 heteroatoms. The molecule has 0 bridgehead atoms. The van der Waals surface area contributed by atoms with E-state index in [0.717, 1.165) is 22.4 Å². The number of benzene rings is 2. The van der Waals surface area contributed by atoms with E-state index in [2.05, 4.69) is 17.1 Å². The maximum Gasteiger partial charge on any atom is 0.123 e. The molecule has 21 heavy (non-hydrogen) atoms. The Morgan fingerprint density at radius 3 is 2.90 bits per heavy atom. The number of imidazole rings is 1. The molecule has 0 spiro atoms. The smallest absolute Gasteiger partial charge is 0.123 e. The van der Waals surface area contributed by atoms with Crippen molar-refractivity contribution in [2.24, 2.45) is 0 Å². The molecule has 1 aliphatic heterocycles. The third-order valence-corrected chi connectivity index (χ3v) is 3.95. The summed E-state index contributed by atoms with van der Waals surface area (Å²) in [6.45, 7) is -0.171. The highest BCUT2D eigenvalue weighted by Crippen LogP contribution is 2.42. The summed E-state index contributed by atoms with van der Waals surface area (Å²) < 4.78 is 15.9. The summed E-state index contributed by atoms with van der Waals surface area (Å²) in [6, 6.07) is 12.7. The average molecular weight is 280 g/mol. The lowest BCUT2D eigenvalue weighted by Gasteiger charge is -2.16. The van der Waals surface area contributed by atoms with Crippen LogP contribution >= 0.6 is 0 Å².